The monoisotopic (exact) mass is 364 g/mol. The zero-order valence-corrected chi connectivity index (χ0v) is 15.3. The molecule has 1 heterocycles. The number of carbonyl (C=O) groups excluding carboxylic acids is 1. The number of nitrogen functional groups attached to an aromatic ring is 1. The summed E-state index contributed by atoms with van der Waals surface area (Å²) in [6.45, 7) is 3.87. The van der Waals surface area contributed by atoms with Gasteiger partial charge >= 0.3 is 5.97 Å². The first-order chi connectivity index (χ1) is 13.0. The molecule has 3 aromatic rings. The SMILES string of the molecule is COc1ccc(Nc2ccnc(N)n2)c(C(=O)Oc2cccc(C)c2C)c1. The van der Waals surface area contributed by atoms with E-state index in [9.17, 15) is 4.79 Å². The number of hydrogen-bond donors (Lipinski definition) is 2. The fourth-order valence-corrected chi connectivity index (χ4v) is 2.50. The number of aromatic nitrogens is 2. The molecule has 0 amide bonds. The highest BCUT2D eigenvalue weighted by molar-refractivity contribution is 5.98. The highest BCUT2D eigenvalue weighted by Gasteiger charge is 2.17. The van der Waals surface area contributed by atoms with Gasteiger partial charge in [0.15, 0.2) is 0 Å². The average Bonchev–Trinajstić information content (AvgIpc) is 2.66. The molecule has 0 atom stereocenters. The summed E-state index contributed by atoms with van der Waals surface area (Å²) < 4.78 is 10.9. The highest BCUT2D eigenvalue weighted by Crippen LogP contribution is 2.28. The second-order valence-electron chi connectivity index (χ2n) is 5.92. The molecule has 27 heavy (non-hydrogen) atoms. The minimum absolute atomic E-state index is 0.132. The van der Waals surface area contributed by atoms with Crippen LogP contribution in [-0.4, -0.2) is 23.0 Å². The molecule has 0 aliphatic carbocycles. The number of aryl methyl sites for hydroxylation is 1. The van der Waals surface area contributed by atoms with Crippen LogP contribution in [0, 0.1) is 13.8 Å². The summed E-state index contributed by atoms with van der Waals surface area (Å²) in [5.41, 5.74) is 8.40. The Labute approximate surface area is 157 Å². The van der Waals surface area contributed by atoms with Gasteiger partial charge in [-0.05, 0) is 55.3 Å². The Hall–Kier alpha value is -3.61. The average molecular weight is 364 g/mol. The number of ether oxygens (including phenoxy) is 2. The lowest BCUT2D eigenvalue weighted by Crippen LogP contribution is -2.12. The van der Waals surface area contributed by atoms with Crippen LogP contribution >= 0.6 is 0 Å². The molecule has 3 N–H and O–H groups in total. The van der Waals surface area contributed by atoms with E-state index in [1.165, 1.54) is 13.3 Å². The van der Waals surface area contributed by atoms with E-state index < -0.39 is 5.97 Å². The first-order valence-corrected chi connectivity index (χ1v) is 8.30. The molecule has 0 aliphatic heterocycles. The number of carbonyl (C=O) groups is 1. The lowest BCUT2D eigenvalue weighted by molar-refractivity contribution is 0.0734. The summed E-state index contributed by atoms with van der Waals surface area (Å²) in [4.78, 5) is 20.8. The number of rotatable bonds is 5. The van der Waals surface area contributed by atoms with Gasteiger partial charge in [-0.2, -0.15) is 4.98 Å². The summed E-state index contributed by atoms with van der Waals surface area (Å²) in [5, 5.41) is 3.07. The van der Waals surface area contributed by atoms with E-state index in [0.29, 0.717) is 28.6 Å². The van der Waals surface area contributed by atoms with Crippen molar-refractivity contribution in [1.82, 2.24) is 9.97 Å². The Morgan fingerprint density at radius 1 is 1.15 bits per heavy atom. The van der Waals surface area contributed by atoms with Gasteiger partial charge in [-0.15, -0.1) is 0 Å². The van der Waals surface area contributed by atoms with Crippen molar-refractivity contribution in [2.24, 2.45) is 0 Å². The number of nitrogens with zero attached hydrogens (tertiary/aromatic N) is 2. The predicted octanol–water partition coefficient (Wildman–Crippen LogP) is 3.65. The molecule has 0 unspecified atom stereocenters. The van der Waals surface area contributed by atoms with Crippen LogP contribution in [0.1, 0.15) is 21.5 Å². The molecule has 0 radical (unpaired) electrons. The van der Waals surface area contributed by atoms with Gasteiger partial charge in [0.25, 0.3) is 0 Å². The van der Waals surface area contributed by atoms with Gasteiger partial charge in [-0.25, -0.2) is 9.78 Å². The first kappa shape index (κ1) is 18.2. The number of hydrogen-bond acceptors (Lipinski definition) is 7. The quantitative estimate of drug-likeness (QED) is 0.526. The van der Waals surface area contributed by atoms with Gasteiger partial charge < -0.3 is 20.5 Å². The van der Waals surface area contributed by atoms with Crippen LogP contribution in [0.3, 0.4) is 0 Å². The summed E-state index contributed by atoms with van der Waals surface area (Å²) >= 11 is 0. The maximum atomic E-state index is 12.8. The van der Waals surface area contributed by atoms with Gasteiger partial charge in [-0.1, -0.05) is 12.1 Å². The maximum absolute atomic E-state index is 12.8. The van der Waals surface area contributed by atoms with Gasteiger partial charge in [0.05, 0.1) is 18.4 Å². The second kappa shape index (κ2) is 7.74. The molecule has 0 spiro atoms. The molecule has 7 nitrogen and oxygen atoms in total. The van der Waals surface area contributed by atoms with Gasteiger partial charge in [0.1, 0.15) is 17.3 Å². The van der Waals surface area contributed by atoms with Crippen molar-refractivity contribution in [2.45, 2.75) is 13.8 Å². The van der Waals surface area contributed by atoms with E-state index in [1.807, 2.05) is 26.0 Å². The molecule has 2 aromatic carbocycles. The highest BCUT2D eigenvalue weighted by atomic mass is 16.5. The minimum Gasteiger partial charge on any atom is -0.497 e. The van der Waals surface area contributed by atoms with Crippen LogP contribution in [0.15, 0.2) is 48.7 Å². The molecular weight excluding hydrogens is 344 g/mol. The third-order valence-electron chi connectivity index (χ3n) is 4.14. The lowest BCUT2D eigenvalue weighted by atomic mass is 10.1. The normalized spacial score (nSPS) is 10.3. The zero-order chi connectivity index (χ0) is 19.4. The van der Waals surface area contributed by atoms with Crippen LogP contribution in [0.2, 0.25) is 0 Å². The van der Waals surface area contributed by atoms with Crippen LogP contribution in [0.4, 0.5) is 17.5 Å². The molecule has 0 aliphatic rings. The summed E-state index contributed by atoms with van der Waals surface area (Å²) in [6, 6.07) is 12.3. The summed E-state index contributed by atoms with van der Waals surface area (Å²) in [6.07, 6.45) is 1.53. The van der Waals surface area contributed by atoms with Gasteiger partial charge in [0, 0.05) is 6.20 Å². The van der Waals surface area contributed by atoms with Crippen molar-refractivity contribution in [3.8, 4) is 11.5 Å². The third kappa shape index (κ3) is 4.14. The molecule has 0 saturated heterocycles. The van der Waals surface area contributed by atoms with Gasteiger partial charge in [-0.3, -0.25) is 0 Å². The fraction of sp³-hybridized carbons (Fsp3) is 0.150. The zero-order valence-electron chi connectivity index (χ0n) is 15.3. The van der Waals surface area contributed by atoms with Crippen LogP contribution in [0.25, 0.3) is 0 Å². The van der Waals surface area contributed by atoms with Crippen molar-refractivity contribution in [3.63, 3.8) is 0 Å². The van der Waals surface area contributed by atoms with E-state index in [1.54, 1.807) is 30.3 Å². The van der Waals surface area contributed by atoms with Crippen molar-refractivity contribution in [1.29, 1.82) is 0 Å². The Kier molecular flexibility index (Phi) is 5.21. The van der Waals surface area contributed by atoms with Crippen molar-refractivity contribution < 1.29 is 14.3 Å². The Morgan fingerprint density at radius 2 is 1.96 bits per heavy atom. The molecule has 0 fully saturated rings. The van der Waals surface area contributed by atoms with Gasteiger partial charge in [0.2, 0.25) is 5.95 Å². The Balaban J connectivity index is 1.94. The predicted molar refractivity (Wildman–Crippen MR) is 104 cm³/mol. The Bertz CT molecular complexity index is 989. The largest absolute Gasteiger partial charge is 0.497 e. The number of nitrogens with one attached hydrogen (secondary N) is 1. The second-order valence-corrected chi connectivity index (χ2v) is 5.92. The molecule has 138 valence electrons. The van der Waals surface area contributed by atoms with Crippen molar-refractivity contribution >= 4 is 23.4 Å². The molecule has 7 heteroatoms. The third-order valence-corrected chi connectivity index (χ3v) is 4.14. The van der Waals surface area contributed by atoms with Crippen LogP contribution < -0.4 is 20.5 Å². The maximum Gasteiger partial charge on any atom is 0.345 e. The van der Waals surface area contributed by atoms with E-state index >= 15 is 0 Å². The minimum atomic E-state index is -0.507. The molecular formula is C20H20N4O3. The fourth-order valence-electron chi connectivity index (χ4n) is 2.50. The number of nitrogens with two attached hydrogens (primary N) is 1. The summed E-state index contributed by atoms with van der Waals surface area (Å²) in [7, 11) is 1.54. The van der Waals surface area contributed by atoms with E-state index in [0.717, 1.165) is 11.1 Å². The van der Waals surface area contributed by atoms with E-state index in [2.05, 4.69) is 15.3 Å². The van der Waals surface area contributed by atoms with E-state index in [4.69, 9.17) is 15.2 Å². The summed E-state index contributed by atoms with van der Waals surface area (Å²) in [5.74, 6) is 1.14. The number of esters is 1. The smallest absolute Gasteiger partial charge is 0.345 e. The standard InChI is InChI=1S/C20H20N4O3/c1-12-5-4-6-17(13(12)2)27-19(25)15-11-14(26-3)7-8-16(15)23-18-9-10-22-20(21)24-18/h4-11H,1-3H3,(H3,21,22,23,24). The lowest BCUT2D eigenvalue weighted by Gasteiger charge is -2.14. The molecule has 3 rings (SSSR count). The van der Waals surface area contributed by atoms with Crippen LogP contribution in [0.5, 0.6) is 11.5 Å². The number of methoxy groups -OCH3 is 1. The van der Waals surface area contributed by atoms with Crippen LogP contribution in [-0.2, 0) is 0 Å². The topological polar surface area (TPSA) is 99.4 Å². The number of benzene rings is 2. The Morgan fingerprint density at radius 3 is 2.70 bits per heavy atom. The molecule has 0 bridgehead atoms. The van der Waals surface area contributed by atoms with Crippen molar-refractivity contribution in [2.75, 3.05) is 18.2 Å². The first-order valence-electron chi connectivity index (χ1n) is 8.30. The number of anilines is 3. The molecule has 0 saturated carbocycles. The van der Waals surface area contributed by atoms with Crippen molar-refractivity contribution in [3.05, 3.63) is 65.4 Å². The van der Waals surface area contributed by atoms with E-state index in [-0.39, 0.29) is 5.95 Å². The molecule has 1 aromatic heterocycles.